The van der Waals surface area contributed by atoms with Crippen LogP contribution in [0.2, 0.25) is 5.02 Å². The molecule has 38 heavy (non-hydrogen) atoms. The largest absolute Gasteiger partial charge is 0.485 e. The summed E-state index contributed by atoms with van der Waals surface area (Å²) in [6.45, 7) is 8.93. The van der Waals surface area contributed by atoms with Gasteiger partial charge in [0.05, 0.1) is 6.04 Å². The van der Waals surface area contributed by atoms with Crippen LogP contribution in [-0.4, -0.2) is 64.3 Å². The average molecular weight is 546 g/mol. The number of amides is 3. The van der Waals surface area contributed by atoms with E-state index in [1.54, 1.807) is 42.8 Å². The van der Waals surface area contributed by atoms with Gasteiger partial charge in [-0.25, -0.2) is 0 Å². The van der Waals surface area contributed by atoms with Gasteiger partial charge in [-0.1, -0.05) is 44.5 Å². The van der Waals surface area contributed by atoms with Gasteiger partial charge >= 0.3 is 0 Å². The summed E-state index contributed by atoms with van der Waals surface area (Å²) < 4.78 is 11.5. The van der Waals surface area contributed by atoms with Crippen molar-refractivity contribution in [3.05, 3.63) is 40.0 Å². The molecule has 3 amide bonds. The fourth-order valence-corrected chi connectivity index (χ4v) is 5.36. The molecule has 11 heteroatoms. The van der Waals surface area contributed by atoms with E-state index in [9.17, 15) is 14.4 Å². The van der Waals surface area contributed by atoms with Gasteiger partial charge in [0.15, 0.2) is 6.61 Å². The molecule has 2 aromatic rings. The second-order valence-corrected chi connectivity index (χ2v) is 10.8. The molecule has 10 nitrogen and oxygen atoms in total. The summed E-state index contributed by atoms with van der Waals surface area (Å²) in [4.78, 5) is 46.7. The van der Waals surface area contributed by atoms with E-state index in [1.165, 1.54) is 0 Å². The van der Waals surface area contributed by atoms with Gasteiger partial charge in [0, 0.05) is 61.4 Å². The Balaban J connectivity index is 1.69. The Bertz CT molecular complexity index is 1200. The highest BCUT2D eigenvalue weighted by Gasteiger charge is 2.40. The number of nitrogens with zero attached hydrogens (tertiary/aromatic N) is 4. The molecular weight excluding hydrogens is 510 g/mol. The van der Waals surface area contributed by atoms with E-state index in [0.29, 0.717) is 55.0 Å². The van der Waals surface area contributed by atoms with Crippen molar-refractivity contribution in [2.75, 3.05) is 26.7 Å². The summed E-state index contributed by atoms with van der Waals surface area (Å²) in [7, 11) is 1.56. The molecule has 0 aliphatic carbocycles. The van der Waals surface area contributed by atoms with Crippen molar-refractivity contribution in [1.29, 1.82) is 0 Å². The molecule has 2 aliphatic rings. The Hall–Kier alpha value is -3.14. The van der Waals surface area contributed by atoms with Crippen LogP contribution >= 0.6 is 11.6 Å². The highest BCUT2D eigenvalue weighted by molar-refractivity contribution is 6.31. The Labute approximate surface area is 228 Å². The lowest BCUT2D eigenvalue weighted by atomic mass is 9.87. The fraction of sp³-hybridized carbons (Fsp3) is 0.593. The maximum Gasteiger partial charge on any atom is 0.229 e. The number of carbonyl (C=O) groups excluding carboxylic acids is 3. The number of rotatable bonds is 9. The van der Waals surface area contributed by atoms with Gasteiger partial charge in [0.25, 0.3) is 0 Å². The quantitative estimate of drug-likeness (QED) is 0.512. The van der Waals surface area contributed by atoms with E-state index in [4.69, 9.17) is 20.9 Å². The van der Waals surface area contributed by atoms with Gasteiger partial charge in [-0.15, -0.1) is 0 Å². The molecule has 1 aromatic heterocycles. The maximum atomic E-state index is 13.8. The van der Waals surface area contributed by atoms with Crippen molar-refractivity contribution in [1.82, 2.24) is 25.3 Å². The maximum absolute atomic E-state index is 13.8. The number of fused-ring (bicyclic) bond motifs is 1. The van der Waals surface area contributed by atoms with Crippen LogP contribution in [0, 0.1) is 11.8 Å². The predicted molar refractivity (Wildman–Crippen MR) is 141 cm³/mol. The van der Waals surface area contributed by atoms with Crippen molar-refractivity contribution in [2.24, 2.45) is 11.8 Å². The molecular formula is C27H36ClN5O5. The molecule has 4 rings (SSSR count). The minimum Gasteiger partial charge on any atom is -0.485 e. The van der Waals surface area contributed by atoms with E-state index in [0.717, 1.165) is 17.5 Å². The third-order valence-corrected chi connectivity index (χ3v) is 7.91. The lowest BCUT2D eigenvalue weighted by Crippen LogP contribution is -2.49. The SMILES string of the molecule is CNC(=O)C(C)C(C)C(=O)N1CCc2c(Cl)ccc(OCc3noc(C(C)C)n3)c2[C@H]1CN1CCCC1=O. The second-order valence-electron chi connectivity index (χ2n) is 10.4. The molecule has 1 N–H and O–H groups in total. The zero-order valence-electron chi connectivity index (χ0n) is 22.6. The molecule has 0 bridgehead atoms. The smallest absolute Gasteiger partial charge is 0.229 e. The number of hydrogen-bond acceptors (Lipinski definition) is 7. The molecule has 2 aliphatic heterocycles. The van der Waals surface area contributed by atoms with Crippen LogP contribution in [0.25, 0.3) is 0 Å². The lowest BCUT2D eigenvalue weighted by molar-refractivity contribution is -0.144. The summed E-state index contributed by atoms with van der Waals surface area (Å²) in [5.74, 6) is 0.271. The number of hydrogen-bond donors (Lipinski definition) is 1. The molecule has 3 heterocycles. The van der Waals surface area contributed by atoms with Crippen LogP contribution in [0.3, 0.4) is 0 Å². The van der Waals surface area contributed by atoms with Crippen LogP contribution in [0.1, 0.15) is 75.3 Å². The Morgan fingerprint density at radius 3 is 2.58 bits per heavy atom. The molecule has 3 atom stereocenters. The van der Waals surface area contributed by atoms with Crippen LogP contribution in [0.15, 0.2) is 16.7 Å². The van der Waals surface area contributed by atoms with Gasteiger partial charge in [-0.3, -0.25) is 14.4 Å². The Morgan fingerprint density at radius 1 is 1.18 bits per heavy atom. The Kier molecular flexibility index (Phi) is 8.60. The fourth-order valence-electron chi connectivity index (χ4n) is 5.10. The van der Waals surface area contributed by atoms with Crippen LogP contribution in [0.5, 0.6) is 5.75 Å². The molecule has 2 unspecified atom stereocenters. The number of carbonyl (C=O) groups is 3. The zero-order valence-corrected chi connectivity index (χ0v) is 23.4. The molecule has 0 radical (unpaired) electrons. The molecule has 1 aromatic carbocycles. The van der Waals surface area contributed by atoms with E-state index in [2.05, 4.69) is 15.5 Å². The minimum absolute atomic E-state index is 0.0637. The molecule has 206 valence electrons. The van der Waals surface area contributed by atoms with E-state index >= 15 is 0 Å². The summed E-state index contributed by atoms with van der Waals surface area (Å²) in [5.41, 5.74) is 1.68. The van der Waals surface area contributed by atoms with Gasteiger partial charge < -0.3 is 24.4 Å². The third-order valence-electron chi connectivity index (χ3n) is 7.55. The number of ether oxygens (including phenoxy) is 1. The van der Waals surface area contributed by atoms with Crippen LogP contribution in [-0.2, 0) is 27.4 Å². The molecule has 0 saturated carbocycles. The van der Waals surface area contributed by atoms with Crippen molar-refractivity contribution in [3.63, 3.8) is 0 Å². The highest BCUT2D eigenvalue weighted by Crippen LogP contribution is 2.42. The second kappa shape index (κ2) is 11.7. The normalized spacial score (nSPS) is 18.9. The van der Waals surface area contributed by atoms with Crippen molar-refractivity contribution >= 4 is 29.3 Å². The number of halogens is 1. The van der Waals surface area contributed by atoms with E-state index < -0.39 is 17.9 Å². The van der Waals surface area contributed by atoms with Gasteiger partial charge in [0.1, 0.15) is 5.75 Å². The van der Waals surface area contributed by atoms with Gasteiger partial charge in [-0.2, -0.15) is 4.98 Å². The minimum atomic E-state index is -0.550. The van der Waals surface area contributed by atoms with Crippen LogP contribution in [0.4, 0.5) is 0 Å². The number of nitrogens with one attached hydrogen (secondary N) is 1. The summed E-state index contributed by atoms with van der Waals surface area (Å²) in [6.07, 6.45) is 1.81. The first-order valence-electron chi connectivity index (χ1n) is 13.2. The lowest BCUT2D eigenvalue weighted by Gasteiger charge is -2.41. The first-order chi connectivity index (χ1) is 18.1. The molecule has 0 spiro atoms. The van der Waals surface area contributed by atoms with Crippen molar-refractivity contribution < 1.29 is 23.6 Å². The van der Waals surface area contributed by atoms with Crippen molar-refractivity contribution in [2.45, 2.75) is 65.5 Å². The number of likely N-dealkylation sites (tertiary alicyclic amines) is 1. The molecule has 1 saturated heterocycles. The predicted octanol–water partition coefficient (Wildman–Crippen LogP) is 3.49. The first kappa shape index (κ1) is 27.9. The number of benzene rings is 1. The standard InChI is InChI=1S/C27H36ClN5O5/c1-15(2)26-30-22(31-38-26)14-37-21-9-8-19(28)18-10-12-33(27(36)17(4)16(3)25(35)29-5)20(24(18)21)13-32-11-6-7-23(32)34/h8-9,15-17,20H,6-7,10-14H2,1-5H3,(H,29,35)/t16?,17?,20-/m1/s1. The van der Waals surface area contributed by atoms with Gasteiger partial charge in [0.2, 0.25) is 29.4 Å². The third kappa shape index (κ3) is 5.65. The topological polar surface area (TPSA) is 118 Å². The summed E-state index contributed by atoms with van der Waals surface area (Å²) in [6, 6.07) is 3.10. The number of aromatic nitrogens is 2. The zero-order chi connectivity index (χ0) is 27.6. The van der Waals surface area contributed by atoms with E-state index in [-0.39, 0.29) is 30.2 Å². The Morgan fingerprint density at radius 2 is 1.95 bits per heavy atom. The van der Waals surface area contributed by atoms with Crippen LogP contribution < -0.4 is 10.1 Å². The first-order valence-corrected chi connectivity index (χ1v) is 13.6. The monoisotopic (exact) mass is 545 g/mol. The highest BCUT2D eigenvalue weighted by atomic mass is 35.5. The average Bonchev–Trinajstić information content (AvgIpc) is 3.56. The summed E-state index contributed by atoms with van der Waals surface area (Å²) >= 11 is 6.65. The van der Waals surface area contributed by atoms with Crippen molar-refractivity contribution in [3.8, 4) is 5.75 Å². The van der Waals surface area contributed by atoms with Gasteiger partial charge in [-0.05, 0) is 30.5 Å². The summed E-state index contributed by atoms with van der Waals surface area (Å²) in [5, 5.41) is 7.23. The van der Waals surface area contributed by atoms with E-state index in [1.807, 2.05) is 13.8 Å². The molecule has 1 fully saturated rings.